The fourth-order valence-corrected chi connectivity index (χ4v) is 4.46. The van der Waals surface area contributed by atoms with Crippen LogP contribution in [-0.2, 0) is 31.9 Å². The summed E-state index contributed by atoms with van der Waals surface area (Å²) in [4.78, 5) is 37.2. The van der Waals surface area contributed by atoms with E-state index >= 15 is 0 Å². The number of hydrogen-bond donors (Lipinski definition) is 1. The maximum atomic E-state index is 12.2. The van der Waals surface area contributed by atoms with Gasteiger partial charge in [-0.1, -0.05) is 6.92 Å². The molecule has 0 saturated carbocycles. The van der Waals surface area contributed by atoms with Gasteiger partial charge >= 0.3 is 11.9 Å². The van der Waals surface area contributed by atoms with Crippen LogP contribution in [0.15, 0.2) is 28.9 Å². The Kier molecular flexibility index (Phi) is 6.30. The predicted molar refractivity (Wildman–Crippen MR) is 104 cm³/mol. The van der Waals surface area contributed by atoms with Crippen LogP contribution in [0.4, 0.5) is 5.00 Å². The lowest BCUT2D eigenvalue weighted by Crippen LogP contribution is -2.21. The summed E-state index contributed by atoms with van der Waals surface area (Å²) in [7, 11) is 1.32. The van der Waals surface area contributed by atoms with Crippen molar-refractivity contribution in [1.82, 2.24) is 0 Å². The molecule has 3 rings (SSSR count). The predicted octanol–water partition coefficient (Wildman–Crippen LogP) is 3.45. The average molecular weight is 403 g/mol. The number of fused-ring (bicyclic) bond motifs is 1. The van der Waals surface area contributed by atoms with Crippen LogP contribution in [0.5, 0.6) is 0 Å². The standard InChI is InChI=1S/C20H21NO6S/c1-12-5-7-14-15(10-12)28-19(18(14)20(24)25-2)21-16(22)11-27-17(23)8-6-13-4-3-9-26-13/h3-4,6,8-9,12H,5,7,10-11H2,1-2H3,(H,21,22)/b8-6+/t12-/m0/s1. The van der Waals surface area contributed by atoms with Gasteiger partial charge in [0.25, 0.3) is 5.91 Å². The zero-order valence-corrected chi connectivity index (χ0v) is 16.5. The minimum atomic E-state index is -0.668. The van der Waals surface area contributed by atoms with Gasteiger partial charge in [-0.05, 0) is 49.0 Å². The summed E-state index contributed by atoms with van der Waals surface area (Å²) >= 11 is 1.38. The Labute approximate surface area is 166 Å². The molecule has 8 heteroatoms. The van der Waals surface area contributed by atoms with Gasteiger partial charge in [-0.3, -0.25) is 4.79 Å². The number of ether oxygens (including phenoxy) is 2. The van der Waals surface area contributed by atoms with Crippen molar-refractivity contribution >= 4 is 40.3 Å². The zero-order valence-electron chi connectivity index (χ0n) is 15.7. The summed E-state index contributed by atoms with van der Waals surface area (Å²) in [6.07, 6.45) is 6.74. The molecule has 0 spiro atoms. The lowest BCUT2D eigenvalue weighted by atomic mass is 9.88. The number of hydrogen-bond acceptors (Lipinski definition) is 7. The minimum absolute atomic E-state index is 0.409. The van der Waals surface area contributed by atoms with Gasteiger partial charge in [-0.15, -0.1) is 11.3 Å². The summed E-state index contributed by atoms with van der Waals surface area (Å²) in [6.45, 7) is 1.70. The molecule has 1 aliphatic carbocycles. The first kappa shape index (κ1) is 19.9. The van der Waals surface area contributed by atoms with Crippen LogP contribution < -0.4 is 5.32 Å². The first-order valence-corrected chi connectivity index (χ1v) is 9.70. The summed E-state index contributed by atoms with van der Waals surface area (Å²) < 4.78 is 14.9. The molecule has 0 saturated heterocycles. The van der Waals surface area contributed by atoms with Crippen molar-refractivity contribution in [3.63, 3.8) is 0 Å². The van der Waals surface area contributed by atoms with E-state index in [0.29, 0.717) is 22.2 Å². The van der Waals surface area contributed by atoms with Crippen LogP contribution in [0.1, 0.15) is 39.9 Å². The van der Waals surface area contributed by atoms with Gasteiger partial charge in [-0.2, -0.15) is 0 Å². The Morgan fingerprint density at radius 1 is 1.39 bits per heavy atom. The third-order valence-electron chi connectivity index (χ3n) is 4.43. The van der Waals surface area contributed by atoms with E-state index < -0.39 is 24.5 Å². The molecule has 0 fully saturated rings. The monoisotopic (exact) mass is 403 g/mol. The number of esters is 2. The summed E-state index contributed by atoms with van der Waals surface area (Å²) in [6, 6.07) is 3.38. The number of carbonyl (C=O) groups excluding carboxylic acids is 3. The van der Waals surface area contributed by atoms with E-state index in [1.165, 1.54) is 36.9 Å². The molecule has 148 valence electrons. The highest BCUT2D eigenvalue weighted by Crippen LogP contribution is 2.39. The third-order valence-corrected chi connectivity index (χ3v) is 5.60. The Morgan fingerprint density at radius 3 is 2.93 bits per heavy atom. The lowest BCUT2D eigenvalue weighted by molar-refractivity contribution is -0.142. The normalized spacial score (nSPS) is 15.9. The fraction of sp³-hybridized carbons (Fsp3) is 0.350. The van der Waals surface area contributed by atoms with Gasteiger partial charge in [0, 0.05) is 11.0 Å². The molecule has 1 atom stereocenters. The topological polar surface area (TPSA) is 94.8 Å². The maximum Gasteiger partial charge on any atom is 0.341 e. The summed E-state index contributed by atoms with van der Waals surface area (Å²) in [5.41, 5.74) is 1.36. The quantitative estimate of drug-likeness (QED) is 0.586. The van der Waals surface area contributed by atoms with Crippen LogP contribution in [0.3, 0.4) is 0 Å². The second kappa shape index (κ2) is 8.88. The molecule has 1 amide bonds. The van der Waals surface area contributed by atoms with Crippen LogP contribution >= 0.6 is 11.3 Å². The Bertz CT molecular complexity index is 896. The number of furan rings is 1. The molecule has 1 aliphatic rings. The molecule has 0 radical (unpaired) electrons. The smallest absolute Gasteiger partial charge is 0.341 e. The summed E-state index contributed by atoms with van der Waals surface area (Å²) in [5, 5.41) is 3.12. The van der Waals surface area contributed by atoms with Crippen molar-refractivity contribution in [3.05, 3.63) is 46.2 Å². The van der Waals surface area contributed by atoms with Crippen LogP contribution in [0, 0.1) is 5.92 Å². The molecule has 2 aromatic rings. The van der Waals surface area contributed by atoms with Crippen molar-refractivity contribution < 1.29 is 28.3 Å². The third kappa shape index (κ3) is 4.69. The van der Waals surface area contributed by atoms with Gasteiger partial charge in [0.2, 0.25) is 0 Å². The zero-order chi connectivity index (χ0) is 20.1. The van der Waals surface area contributed by atoms with Gasteiger partial charge in [0.05, 0.1) is 18.9 Å². The van der Waals surface area contributed by atoms with Crippen LogP contribution in [-0.4, -0.2) is 31.6 Å². The van der Waals surface area contributed by atoms with E-state index in [9.17, 15) is 14.4 Å². The largest absolute Gasteiger partial charge is 0.465 e. The van der Waals surface area contributed by atoms with E-state index in [-0.39, 0.29) is 0 Å². The van der Waals surface area contributed by atoms with Gasteiger partial charge in [0.1, 0.15) is 10.8 Å². The second-order valence-corrected chi connectivity index (χ2v) is 7.66. The Balaban J connectivity index is 1.63. The number of thiophene rings is 1. The highest BCUT2D eigenvalue weighted by atomic mass is 32.1. The van der Waals surface area contributed by atoms with E-state index in [0.717, 1.165) is 29.7 Å². The van der Waals surface area contributed by atoms with E-state index in [2.05, 4.69) is 12.2 Å². The van der Waals surface area contributed by atoms with Crippen LogP contribution in [0.2, 0.25) is 0 Å². The fourth-order valence-electron chi connectivity index (χ4n) is 3.04. The van der Waals surface area contributed by atoms with Crippen molar-refractivity contribution in [2.45, 2.75) is 26.2 Å². The van der Waals surface area contributed by atoms with Gasteiger partial charge in [-0.25, -0.2) is 9.59 Å². The summed E-state index contributed by atoms with van der Waals surface area (Å²) in [5.74, 6) is -0.624. The van der Waals surface area contributed by atoms with E-state index in [1.807, 2.05) is 0 Å². The number of nitrogens with one attached hydrogen (secondary N) is 1. The second-order valence-electron chi connectivity index (χ2n) is 6.55. The molecule has 0 bridgehead atoms. The molecule has 0 unspecified atom stereocenters. The molecule has 2 heterocycles. The van der Waals surface area contributed by atoms with E-state index in [4.69, 9.17) is 13.9 Å². The lowest BCUT2D eigenvalue weighted by Gasteiger charge is -2.18. The van der Waals surface area contributed by atoms with Crippen molar-refractivity contribution in [3.8, 4) is 0 Å². The number of methoxy groups -OCH3 is 1. The van der Waals surface area contributed by atoms with Crippen LogP contribution in [0.25, 0.3) is 6.08 Å². The minimum Gasteiger partial charge on any atom is -0.465 e. The molecule has 0 aromatic carbocycles. The SMILES string of the molecule is COC(=O)c1c(NC(=O)COC(=O)/C=C/c2ccco2)sc2c1CC[C@H](C)C2. The molecule has 0 aliphatic heterocycles. The molecule has 28 heavy (non-hydrogen) atoms. The number of rotatable bonds is 6. The maximum absolute atomic E-state index is 12.2. The van der Waals surface area contributed by atoms with Gasteiger partial charge in [0.15, 0.2) is 6.61 Å². The van der Waals surface area contributed by atoms with Gasteiger partial charge < -0.3 is 19.2 Å². The molecular formula is C20H21NO6S. The molecule has 1 N–H and O–H groups in total. The first-order chi connectivity index (χ1) is 13.5. The molecule has 7 nitrogen and oxygen atoms in total. The first-order valence-electron chi connectivity index (χ1n) is 8.89. The highest BCUT2D eigenvalue weighted by Gasteiger charge is 2.28. The average Bonchev–Trinajstić information content (AvgIpc) is 3.31. The number of carbonyl (C=O) groups is 3. The molecule has 2 aromatic heterocycles. The van der Waals surface area contributed by atoms with Crippen molar-refractivity contribution in [1.29, 1.82) is 0 Å². The van der Waals surface area contributed by atoms with Crippen molar-refractivity contribution in [2.75, 3.05) is 19.0 Å². The highest BCUT2D eigenvalue weighted by molar-refractivity contribution is 7.17. The van der Waals surface area contributed by atoms with Crippen molar-refractivity contribution in [2.24, 2.45) is 5.92 Å². The number of anilines is 1. The number of amides is 1. The Morgan fingerprint density at radius 2 is 2.21 bits per heavy atom. The van der Waals surface area contributed by atoms with E-state index in [1.54, 1.807) is 12.1 Å². The Hall–Kier alpha value is -2.87. The molecular weight excluding hydrogens is 382 g/mol.